The van der Waals surface area contributed by atoms with Crippen molar-refractivity contribution >= 4 is 11.8 Å². The lowest BCUT2D eigenvalue weighted by Crippen LogP contribution is -2.49. The average Bonchev–Trinajstić information content (AvgIpc) is 3.15. The highest BCUT2D eigenvalue weighted by atomic mass is 16.5. The predicted octanol–water partition coefficient (Wildman–Crippen LogP) is 3.08. The van der Waals surface area contributed by atoms with Crippen molar-refractivity contribution in [3.8, 4) is 0 Å². The van der Waals surface area contributed by atoms with Crippen molar-refractivity contribution in [1.29, 1.82) is 5.41 Å². The molecule has 5 N–H and O–H groups in total. The van der Waals surface area contributed by atoms with E-state index in [1.165, 1.54) is 32.1 Å². The molecule has 0 aromatic rings. The van der Waals surface area contributed by atoms with Gasteiger partial charge in [-0.1, -0.05) is 12.8 Å². The molecular weight excluding hydrogens is 404 g/mol. The summed E-state index contributed by atoms with van der Waals surface area (Å²) < 4.78 is 6.20. The van der Waals surface area contributed by atoms with Crippen LogP contribution in [-0.4, -0.2) is 66.7 Å². The van der Waals surface area contributed by atoms with Gasteiger partial charge < -0.3 is 20.9 Å². The van der Waals surface area contributed by atoms with E-state index in [1.54, 1.807) is 0 Å². The van der Waals surface area contributed by atoms with Crippen LogP contribution in [-0.2, 0) is 9.53 Å². The summed E-state index contributed by atoms with van der Waals surface area (Å²) in [7, 11) is 1.98. The molecule has 7 heteroatoms. The van der Waals surface area contributed by atoms with Gasteiger partial charge >= 0.3 is 5.97 Å². The van der Waals surface area contributed by atoms with Crippen LogP contribution in [0.5, 0.6) is 0 Å². The fourth-order valence-corrected chi connectivity index (χ4v) is 7.53. The minimum Gasteiger partial charge on any atom is -0.480 e. The zero-order valence-corrected chi connectivity index (χ0v) is 19.8. The normalized spacial score (nSPS) is 39.9. The van der Waals surface area contributed by atoms with E-state index in [0.29, 0.717) is 23.9 Å². The summed E-state index contributed by atoms with van der Waals surface area (Å²) in [6, 6.07) is -0.0751. The van der Waals surface area contributed by atoms with Crippen LogP contribution in [0.3, 0.4) is 0 Å². The number of hydrogen-bond donors (Lipinski definition) is 4. The summed E-state index contributed by atoms with van der Waals surface area (Å²) in [4.78, 5) is 14.5. The number of nitrogens with zero attached hydrogens (tertiary/aromatic N) is 1. The molecular formula is C25H44N4O3. The summed E-state index contributed by atoms with van der Waals surface area (Å²) in [6.45, 7) is 2.77. The Morgan fingerprint density at radius 2 is 1.97 bits per heavy atom. The second-order valence-corrected chi connectivity index (χ2v) is 11.0. The summed E-state index contributed by atoms with van der Waals surface area (Å²) in [5.41, 5.74) is 5.86. The van der Waals surface area contributed by atoms with E-state index in [1.807, 2.05) is 7.05 Å². The number of amidine groups is 1. The van der Waals surface area contributed by atoms with Crippen molar-refractivity contribution in [3.63, 3.8) is 0 Å². The number of carbonyl (C=O) groups is 1. The molecule has 1 aliphatic heterocycles. The molecule has 8 atom stereocenters. The quantitative estimate of drug-likeness (QED) is 0.245. The molecule has 3 saturated carbocycles. The van der Waals surface area contributed by atoms with Gasteiger partial charge in [-0.25, -0.2) is 0 Å². The molecule has 0 aromatic carbocycles. The Bertz CT molecular complexity index is 659. The number of carboxylic acids is 1. The van der Waals surface area contributed by atoms with Gasteiger partial charge in [0.25, 0.3) is 0 Å². The Morgan fingerprint density at radius 1 is 1.12 bits per heavy atom. The van der Waals surface area contributed by atoms with E-state index >= 15 is 0 Å². The maximum Gasteiger partial charge on any atom is 0.320 e. The van der Waals surface area contributed by atoms with Gasteiger partial charge in [-0.05, 0) is 95.1 Å². The molecule has 1 saturated heterocycles. The number of ether oxygens (including phenoxy) is 1. The van der Waals surface area contributed by atoms with E-state index in [-0.39, 0.29) is 23.8 Å². The first-order valence-corrected chi connectivity index (χ1v) is 13.1. The van der Waals surface area contributed by atoms with Crippen molar-refractivity contribution in [2.45, 2.75) is 88.8 Å². The molecule has 7 nitrogen and oxygen atoms in total. The Hall–Kier alpha value is -1.18. The van der Waals surface area contributed by atoms with Crippen LogP contribution in [0, 0.1) is 35.0 Å². The second-order valence-electron chi connectivity index (χ2n) is 11.0. The van der Waals surface area contributed by atoms with Crippen molar-refractivity contribution in [2.75, 3.05) is 26.7 Å². The molecule has 0 bridgehead atoms. The second kappa shape index (κ2) is 10.8. The molecule has 0 amide bonds. The number of aliphatic carboxylic acids is 1. The molecule has 182 valence electrons. The summed E-state index contributed by atoms with van der Waals surface area (Å²) in [6.07, 6.45) is 12.4. The number of carboxylic acid groups (broad SMARTS) is 1. The van der Waals surface area contributed by atoms with Gasteiger partial charge in [0.15, 0.2) is 0 Å². The zero-order chi connectivity index (χ0) is 22.7. The van der Waals surface area contributed by atoms with Gasteiger partial charge in [0.1, 0.15) is 6.04 Å². The van der Waals surface area contributed by atoms with Crippen molar-refractivity contribution < 1.29 is 14.6 Å². The Balaban J connectivity index is 1.38. The summed E-state index contributed by atoms with van der Waals surface area (Å²) in [5.74, 6) is 2.24. The largest absolute Gasteiger partial charge is 0.480 e. The van der Waals surface area contributed by atoms with Gasteiger partial charge in [-0.2, -0.15) is 0 Å². The van der Waals surface area contributed by atoms with Crippen molar-refractivity contribution in [2.24, 2.45) is 35.3 Å². The number of likely N-dealkylation sites (tertiary alicyclic amines) is 1. The van der Waals surface area contributed by atoms with E-state index in [2.05, 4.69) is 10.2 Å². The first kappa shape index (κ1) is 24.0. The standard InChI is InChI=1S/C25H44N4O3/c1-28-10-3-11-32-20-8-9-21-16(12-20)4-2-5-19(21)15-29-22-14-18(24(26)27)7-6-17(22)13-23(29)25(30)31/h16-23,28H,2-15H2,1H3,(H3,26,27)(H,30,31). The molecule has 3 aliphatic carbocycles. The van der Waals surface area contributed by atoms with E-state index in [4.69, 9.17) is 15.9 Å². The van der Waals surface area contributed by atoms with E-state index in [9.17, 15) is 9.90 Å². The third-order valence-corrected chi connectivity index (χ3v) is 9.15. The first-order chi connectivity index (χ1) is 15.5. The van der Waals surface area contributed by atoms with Crippen LogP contribution >= 0.6 is 0 Å². The van der Waals surface area contributed by atoms with Crippen molar-refractivity contribution in [1.82, 2.24) is 10.2 Å². The molecule has 32 heavy (non-hydrogen) atoms. The predicted molar refractivity (Wildman–Crippen MR) is 126 cm³/mol. The van der Waals surface area contributed by atoms with Crippen molar-refractivity contribution in [3.05, 3.63) is 0 Å². The number of rotatable bonds is 9. The maximum atomic E-state index is 12.2. The van der Waals surface area contributed by atoms with Gasteiger partial charge in [-0.15, -0.1) is 0 Å². The molecule has 4 fully saturated rings. The highest BCUT2D eigenvalue weighted by molar-refractivity contribution is 5.80. The molecule has 0 aromatic heterocycles. The minimum atomic E-state index is -0.662. The van der Waals surface area contributed by atoms with Crippen LogP contribution in [0.15, 0.2) is 0 Å². The zero-order valence-electron chi connectivity index (χ0n) is 19.8. The maximum absolute atomic E-state index is 12.2. The third-order valence-electron chi connectivity index (χ3n) is 9.15. The summed E-state index contributed by atoms with van der Waals surface area (Å²) in [5, 5.41) is 21.1. The van der Waals surface area contributed by atoms with Crippen LogP contribution in [0.2, 0.25) is 0 Å². The van der Waals surface area contributed by atoms with E-state index < -0.39 is 5.97 Å². The summed E-state index contributed by atoms with van der Waals surface area (Å²) >= 11 is 0. The molecule has 0 spiro atoms. The molecule has 1 heterocycles. The highest BCUT2D eigenvalue weighted by Crippen LogP contribution is 2.48. The average molecular weight is 449 g/mol. The number of nitrogens with two attached hydrogens (primary N) is 1. The van der Waals surface area contributed by atoms with Crippen LogP contribution in [0.25, 0.3) is 0 Å². The molecule has 4 aliphatic rings. The third kappa shape index (κ3) is 5.31. The number of fused-ring (bicyclic) bond motifs is 2. The fourth-order valence-electron chi connectivity index (χ4n) is 7.53. The van der Waals surface area contributed by atoms with Gasteiger partial charge in [0.2, 0.25) is 0 Å². The van der Waals surface area contributed by atoms with Gasteiger partial charge in [-0.3, -0.25) is 15.1 Å². The smallest absolute Gasteiger partial charge is 0.320 e. The first-order valence-electron chi connectivity index (χ1n) is 13.1. The van der Waals surface area contributed by atoms with E-state index in [0.717, 1.165) is 64.1 Å². The van der Waals surface area contributed by atoms with Crippen LogP contribution in [0.1, 0.15) is 70.6 Å². The van der Waals surface area contributed by atoms with Crippen LogP contribution in [0.4, 0.5) is 0 Å². The van der Waals surface area contributed by atoms with Gasteiger partial charge in [0.05, 0.1) is 11.9 Å². The Morgan fingerprint density at radius 3 is 2.72 bits per heavy atom. The monoisotopic (exact) mass is 448 g/mol. The SMILES string of the molecule is CNCCCOC1CCC2C(CCCC2CN2C(C(=O)O)CC3CCC(C(=N)N)CC32)C1. The Kier molecular flexibility index (Phi) is 8.11. The highest BCUT2D eigenvalue weighted by Gasteiger charge is 2.49. The van der Waals surface area contributed by atoms with Crippen LogP contribution < -0.4 is 11.1 Å². The fraction of sp³-hybridized carbons (Fsp3) is 0.920. The minimum absolute atomic E-state index is 0.126. The Labute approximate surface area is 193 Å². The molecule has 4 rings (SSSR count). The lowest BCUT2D eigenvalue weighted by Gasteiger charge is -2.46. The topological polar surface area (TPSA) is 112 Å². The molecule has 8 unspecified atom stereocenters. The molecule has 0 radical (unpaired) electrons. The van der Waals surface area contributed by atoms with Gasteiger partial charge in [0, 0.05) is 25.1 Å². The lowest BCUT2D eigenvalue weighted by atomic mass is 9.64. The number of hydrogen-bond acceptors (Lipinski definition) is 5. The lowest BCUT2D eigenvalue weighted by molar-refractivity contribution is -0.143. The number of nitrogens with one attached hydrogen (secondary N) is 2.